The number of amides is 1. The first-order valence-corrected chi connectivity index (χ1v) is 9.94. The number of fused-ring (bicyclic) bond motifs is 2. The quantitative estimate of drug-likeness (QED) is 0.759. The Morgan fingerprint density at radius 2 is 2.00 bits per heavy atom. The lowest BCUT2D eigenvalue weighted by Crippen LogP contribution is -2.47. The highest BCUT2D eigenvalue weighted by Crippen LogP contribution is 2.33. The van der Waals surface area contributed by atoms with Crippen LogP contribution in [0.4, 0.5) is 11.4 Å². The molecule has 2 aliphatic rings. The van der Waals surface area contributed by atoms with Crippen LogP contribution >= 0.6 is 11.6 Å². The van der Waals surface area contributed by atoms with Gasteiger partial charge in [0, 0.05) is 35.1 Å². The summed E-state index contributed by atoms with van der Waals surface area (Å²) in [6.45, 7) is 1.26. The monoisotopic (exact) mass is 425 g/mol. The first-order chi connectivity index (χ1) is 14.4. The average molecular weight is 426 g/mol. The van der Waals surface area contributed by atoms with Gasteiger partial charge in [-0.1, -0.05) is 11.6 Å². The molecule has 8 heteroatoms. The summed E-state index contributed by atoms with van der Waals surface area (Å²) in [7, 11) is 1.32. The second-order valence-electron chi connectivity index (χ2n) is 7.28. The van der Waals surface area contributed by atoms with Crippen LogP contribution in [-0.4, -0.2) is 55.0 Å². The van der Waals surface area contributed by atoms with E-state index in [2.05, 4.69) is 15.0 Å². The summed E-state index contributed by atoms with van der Waals surface area (Å²) in [4.78, 5) is 43.5. The zero-order chi connectivity index (χ0) is 21.3. The predicted molar refractivity (Wildman–Crippen MR) is 114 cm³/mol. The van der Waals surface area contributed by atoms with Gasteiger partial charge < -0.3 is 10.1 Å². The summed E-state index contributed by atoms with van der Waals surface area (Å²) in [5.74, 6) is -0.968. The highest BCUT2D eigenvalue weighted by molar-refractivity contribution is 6.31. The number of nitrogens with one attached hydrogen (secondary N) is 1. The topological polar surface area (TPSA) is 88.1 Å². The number of halogens is 1. The van der Waals surface area contributed by atoms with E-state index in [0.29, 0.717) is 47.0 Å². The summed E-state index contributed by atoms with van der Waals surface area (Å²) < 4.78 is 4.66. The number of rotatable bonds is 4. The Labute approximate surface area is 178 Å². The molecule has 30 heavy (non-hydrogen) atoms. The van der Waals surface area contributed by atoms with Crippen molar-refractivity contribution in [1.82, 2.24) is 4.90 Å². The van der Waals surface area contributed by atoms with Gasteiger partial charge in [0.1, 0.15) is 0 Å². The van der Waals surface area contributed by atoms with Crippen LogP contribution in [0.5, 0.6) is 0 Å². The molecule has 0 saturated carbocycles. The minimum absolute atomic E-state index is 0.000933. The number of esters is 1. The van der Waals surface area contributed by atoms with Gasteiger partial charge in [-0.05, 0) is 48.9 Å². The molecule has 0 aliphatic carbocycles. The van der Waals surface area contributed by atoms with Crippen molar-refractivity contribution in [2.75, 3.05) is 32.1 Å². The van der Waals surface area contributed by atoms with Crippen LogP contribution in [0.25, 0.3) is 0 Å². The third-order valence-electron chi connectivity index (χ3n) is 5.29. The van der Waals surface area contributed by atoms with Gasteiger partial charge in [-0.3, -0.25) is 19.5 Å². The van der Waals surface area contributed by atoms with Gasteiger partial charge >= 0.3 is 5.97 Å². The van der Waals surface area contributed by atoms with Crippen LogP contribution in [0.2, 0.25) is 5.02 Å². The van der Waals surface area contributed by atoms with Crippen molar-refractivity contribution < 1.29 is 19.1 Å². The SMILES string of the molecule is COC(=O)c1ccc(NC(=O)CN2CCC3=Nc4ccc(Cl)cc4C(=O)C3C2)cc1. The molecule has 2 aromatic carbocycles. The van der Waals surface area contributed by atoms with Crippen molar-refractivity contribution >= 4 is 46.3 Å². The standard InChI is InChI=1S/C22H20ClN3O4/c1-30-22(29)13-2-5-15(6-3-13)24-20(27)12-26-9-8-19-17(11-26)21(28)16-10-14(23)4-7-18(16)25-19/h2-7,10,17H,8-9,11-12H2,1H3,(H,24,27). The van der Waals surface area contributed by atoms with Crippen LogP contribution in [-0.2, 0) is 9.53 Å². The van der Waals surface area contributed by atoms with E-state index < -0.39 is 5.97 Å². The molecular formula is C22H20ClN3O4. The zero-order valence-electron chi connectivity index (χ0n) is 16.4. The minimum Gasteiger partial charge on any atom is -0.465 e. The number of benzene rings is 2. The van der Waals surface area contributed by atoms with E-state index in [1.807, 2.05) is 4.90 Å². The van der Waals surface area contributed by atoms with Crippen molar-refractivity contribution in [3.63, 3.8) is 0 Å². The second-order valence-corrected chi connectivity index (χ2v) is 7.72. The van der Waals surface area contributed by atoms with Crippen molar-refractivity contribution in [1.29, 1.82) is 0 Å². The number of hydrogen-bond donors (Lipinski definition) is 1. The Balaban J connectivity index is 1.39. The van der Waals surface area contributed by atoms with Crippen molar-refractivity contribution in [2.45, 2.75) is 6.42 Å². The highest BCUT2D eigenvalue weighted by atomic mass is 35.5. The summed E-state index contributed by atoms with van der Waals surface area (Å²) in [6, 6.07) is 11.6. The van der Waals surface area contributed by atoms with E-state index in [9.17, 15) is 14.4 Å². The number of ether oxygens (including phenoxy) is 1. The van der Waals surface area contributed by atoms with Gasteiger partial charge in [-0.2, -0.15) is 0 Å². The first kappa shape index (κ1) is 20.3. The smallest absolute Gasteiger partial charge is 0.337 e. The van der Waals surface area contributed by atoms with Crippen LogP contribution in [0, 0.1) is 5.92 Å². The van der Waals surface area contributed by atoms with Gasteiger partial charge in [0.15, 0.2) is 5.78 Å². The molecule has 1 amide bonds. The van der Waals surface area contributed by atoms with E-state index in [0.717, 1.165) is 5.71 Å². The Hall–Kier alpha value is -3.03. The molecule has 154 valence electrons. The van der Waals surface area contributed by atoms with Crippen molar-refractivity contribution in [3.05, 3.63) is 58.6 Å². The van der Waals surface area contributed by atoms with Gasteiger partial charge in [-0.25, -0.2) is 4.79 Å². The molecular weight excluding hydrogens is 406 g/mol. The average Bonchev–Trinajstić information content (AvgIpc) is 2.75. The van der Waals surface area contributed by atoms with E-state index in [4.69, 9.17) is 11.6 Å². The number of methoxy groups -OCH3 is 1. The second kappa shape index (κ2) is 8.38. The van der Waals surface area contributed by atoms with Gasteiger partial charge in [-0.15, -0.1) is 0 Å². The van der Waals surface area contributed by atoms with Crippen LogP contribution < -0.4 is 5.32 Å². The molecule has 7 nitrogen and oxygen atoms in total. The Bertz CT molecular complexity index is 1050. The summed E-state index contributed by atoms with van der Waals surface area (Å²) in [5.41, 5.74) is 3.06. The van der Waals surface area contributed by atoms with E-state index >= 15 is 0 Å². The van der Waals surface area contributed by atoms with Crippen molar-refractivity contribution in [2.24, 2.45) is 10.9 Å². The lowest BCUT2D eigenvalue weighted by molar-refractivity contribution is -0.117. The molecule has 4 rings (SSSR count). The third kappa shape index (κ3) is 4.13. The molecule has 1 N–H and O–H groups in total. The number of nitrogens with zero attached hydrogens (tertiary/aromatic N) is 2. The zero-order valence-corrected chi connectivity index (χ0v) is 17.1. The number of anilines is 1. The molecule has 0 aromatic heterocycles. The van der Waals surface area contributed by atoms with E-state index in [-0.39, 0.29) is 24.2 Å². The number of carbonyl (C=O) groups is 3. The maximum absolute atomic E-state index is 12.9. The largest absolute Gasteiger partial charge is 0.465 e. The maximum atomic E-state index is 12.9. The highest BCUT2D eigenvalue weighted by Gasteiger charge is 2.36. The van der Waals surface area contributed by atoms with E-state index in [1.54, 1.807) is 42.5 Å². The number of Topliss-reactive ketones (excluding diaryl/α,β-unsaturated/α-hetero) is 1. The fourth-order valence-corrected chi connectivity index (χ4v) is 3.94. The Morgan fingerprint density at radius 1 is 1.23 bits per heavy atom. The molecule has 1 fully saturated rings. The summed E-state index contributed by atoms with van der Waals surface area (Å²) >= 11 is 6.04. The number of piperidine rings is 1. The fraction of sp³-hybridized carbons (Fsp3) is 0.273. The number of likely N-dealkylation sites (tertiary alicyclic amines) is 1. The molecule has 1 atom stereocenters. The van der Waals surface area contributed by atoms with Gasteiger partial charge in [0.05, 0.1) is 30.8 Å². The molecule has 2 aromatic rings. The summed E-state index contributed by atoms with van der Waals surface area (Å²) in [6.07, 6.45) is 0.638. The minimum atomic E-state index is -0.432. The number of hydrogen-bond acceptors (Lipinski definition) is 6. The molecule has 1 saturated heterocycles. The van der Waals surface area contributed by atoms with Crippen LogP contribution in [0.15, 0.2) is 47.5 Å². The summed E-state index contributed by atoms with van der Waals surface area (Å²) in [5, 5.41) is 3.32. The van der Waals surface area contributed by atoms with E-state index in [1.165, 1.54) is 7.11 Å². The molecule has 2 heterocycles. The van der Waals surface area contributed by atoms with Crippen molar-refractivity contribution in [3.8, 4) is 0 Å². The maximum Gasteiger partial charge on any atom is 0.337 e. The Kier molecular flexibility index (Phi) is 5.65. The normalized spacial score (nSPS) is 18.1. The third-order valence-corrected chi connectivity index (χ3v) is 5.52. The van der Waals surface area contributed by atoms with Crippen LogP contribution in [0.1, 0.15) is 27.1 Å². The lowest BCUT2D eigenvalue weighted by atomic mass is 9.85. The first-order valence-electron chi connectivity index (χ1n) is 9.56. The predicted octanol–water partition coefficient (Wildman–Crippen LogP) is 3.36. The number of ketones is 1. The molecule has 0 bridgehead atoms. The molecule has 0 radical (unpaired) electrons. The number of carbonyl (C=O) groups excluding carboxylic acids is 3. The van der Waals surface area contributed by atoms with Crippen LogP contribution in [0.3, 0.4) is 0 Å². The number of aliphatic imine (C=N–C) groups is 1. The molecule has 1 unspecified atom stereocenters. The lowest BCUT2D eigenvalue weighted by Gasteiger charge is -2.34. The van der Waals surface area contributed by atoms with Gasteiger partial charge in [0.2, 0.25) is 5.91 Å². The fourth-order valence-electron chi connectivity index (χ4n) is 3.77. The van der Waals surface area contributed by atoms with Gasteiger partial charge in [0.25, 0.3) is 0 Å². The molecule has 0 spiro atoms. The Morgan fingerprint density at radius 3 is 2.73 bits per heavy atom. The molecule has 2 aliphatic heterocycles.